The number of aliphatic hydroxyl groups excluding tert-OH is 1. The number of ether oxygens (including phenoxy) is 1. The molecule has 1 aromatic carbocycles. The molecule has 0 atom stereocenters. The number of aromatic nitrogens is 1. The molecule has 0 saturated carbocycles. The maximum Gasteiger partial charge on any atom is 0.0758 e. The summed E-state index contributed by atoms with van der Waals surface area (Å²) >= 11 is 3.59. The number of rotatable bonds is 4. The van der Waals surface area contributed by atoms with E-state index in [1.807, 2.05) is 12.3 Å². The molecule has 118 valence electrons. The number of nitrogens with zero attached hydrogens (tertiary/aromatic N) is 2. The third-order valence-corrected chi connectivity index (χ3v) is 5.43. The Morgan fingerprint density at radius 1 is 1.32 bits per heavy atom. The number of halogens is 1. The lowest BCUT2D eigenvalue weighted by molar-refractivity contribution is -0.0492. The van der Waals surface area contributed by atoms with Crippen LogP contribution in [0.5, 0.6) is 0 Å². The van der Waals surface area contributed by atoms with Gasteiger partial charge in [-0.15, -0.1) is 0 Å². The molecule has 0 unspecified atom stereocenters. The molecule has 1 N–H and O–H groups in total. The average Bonchev–Trinajstić information content (AvgIpc) is 2.58. The van der Waals surface area contributed by atoms with Crippen molar-refractivity contribution in [1.82, 2.24) is 9.88 Å². The normalized spacial score (nSPS) is 18.0. The van der Waals surface area contributed by atoms with Gasteiger partial charge in [-0.05, 0) is 37.6 Å². The maximum absolute atomic E-state index is 9.93. The number of pyridine rings is 1. The van der Waals surface area contributed by atoms with Gasteiger partial charge in [0.25, 0.3) is 0 Å². The summed E-state index contributed by atoms with van der Waals surface area (Å²) in [4.78, 5) is 6.80. The van der Waals surface area contributed by atoms with Gasteiger partial charge < -0.3 is 9.84 Å². The zero-order valence-electron chi connectivity index (χ0n) is 12.8. The van der Waals surface area contributed by atoms with Crippen LogP contribution in [-0.4, -0.2) is 47.4 Å². The van der Waals surface area contributed by atoms with Crippen LogP contribution in [0.2, 0.25) is 0 Å². The molecule has 0 radical (unpaired) electrons. The van der Waals surface area contributed by atoms with Gasteiger partial charge in [-0.25, -0.2) is 0 Å². The van der Waals surface area contributed by atoms with Gasteiger partial charge in [0.1, 0.15) is 0 Å². The van der Waals surface area contributed by atoms with Gasteiger partial charge in [0.05, 0.1) is 12.1 Å². The van der Waals surface area contributed by atoms with Crippen LogP contribution in [0.1, 0.15) is 18.4 Å². The topological polar surface area (TPSA) is 45.6 Å². The van der Waals surface area contributed by atoms with Crippen molar-refractivity contribution in [2.45, 2.75) is 24.9 Å². The molecule has 5 heteroatoms. The molecule has 0 aliphatic carbocycles. The van der Waals surface area contributed by atoms with Crippen LogP contribution < -0.4 is 0 Å². The van der Waals surface area contributed by atoms with Crippen LogP contribution >= 0.6 is 15.9 Å². The van der Waals surface area contributed by atoms with Crippen molar-refractivity contribution in [3.8, 4) is 0 Å². The standard InChI is InChI=1S/C17H21BrN2O2/c1-20(17(12-21)6-9-22-10-7-17)11-13-4-5-15(18)14-3-2-8-19-16(13)14/h2-5,8,21H,6-7,9-12H2,1H3. The highest BCUT2D eigenvalue weighted by atomic mass is 79.9. The summed E-state index contributed by atoms with van der Waals surface area (Å²) in [6, 6.07) is 8.21. The van der Waals surface area contributed by atoms with Gasteiger partial charge in [0, 0.05) is 41.4 Å². The van der Waals surface area contributed by atoms with Gasteiger partial charge in [0.2, 0.25) is 0 Å². The molecule has 0 amide bonds. The summed E-state index contributed by atoms with van der Waals surface area (Å²) in [6.07, 6.45) is 3.55. The van der Waals surface area contributed by atoms with Crippen molar-refractivity contribution in [2.24, 2.45) is 0 Å². The van der Waals surface area contributed by atoms with Crippen molar-refractivity contribution in [3.63, 3.8) is 0 Å². The molecule has 1 aliphatic heterocycles. The van der Waals surface area contributed by atoms with Crippen molar-refractivity contribution in [3.05, 3.63) is 40.5 Å². The number of benzene rings is 1. The Kier molecular flexibility index (Phi) is 4.78. The first-order valence-corrected chi connectivity index (χ1v) is 8.37. The van der Waals surface area contributed by atoms with Crippen molar-refractivity contribution >= 4 is 26.8 Å². The fourth-order valence-electron chi connectivity index (χ4n) is 3.16. The SMILES string of the molecule is CN(Cc1ccc(Br)c2cccnc12)C1(CO)CCOCC1. The molecule has 1 saturated heterocycles. The first-order chi connectivity index (χ1) is 10.7. The van der Waals surface area contributed by atoms with Crippen LogP contribution in [0, 0.1) is 0 Å². The Bertz CT molecular complexity index is 656. The largest absolute Gasteiger partial charge is 0.394 e. The molecule has 1 aliphatic rings. The Hall–Kier alpha value is -1.01. The van der Waals surface area contributed by atoms with Crippen LogP contribution in [0.15, 0.2) is 34.9 Å². The lowest BCUT2D eigenvalue weighted by Crippen LogP contribution is -2.52. The number of hydrogen-bond donors (Lipinski definition) is 1. The first kappa shape index (κ1) is 15.9. The van der Waals surface area contributed by atoms with Crippen molar-refractivity contribution < 1.29 is 9.84 Å². The summed E-state index contributed by atoms with van der Waals surface area (Å²) in [7, 11) is 2.08. The summed E-state index contributed by atoms with van der Waals surface area (Å²) in [5.74, 6) is 0. The molecular weight excluding hydrogens is 344 g/mol. The van der Waals surface area contributed by atoms with E-state index in [9.17, 15) is 5.11 Å². The minimum Gasteiger partial charge on any atom is -0.394 e. The van der Waals surface area contributed by atoms with Gasteiger partial charge in [-0.1, -0.05) is 28.1 Å². The van der Waals surface area contributed by atoms with Crippen LogP contribution in [-0.2, 0) is 11.3 Å². The Balaban J connectivity index is 1.91. The van der Waals surface area contributed by atoms with E-state index in [-0.39, 0.29) is 12.1 Å². The highest BCUT2D eigenvalue weighted by molar-refractivity contribution is 9.10. The predicted octanol–water partition coefficient (Wildman–Crippen LogP) is 2.97. The first-order valence-electron chi connectivity index (χ1n) is 7.58. The molecule has 2 aromatic rings. The predicted molar refractivity (Wildman–Crippen MR) is 90.8 cm³/mol. The molecule has 1 fully saturated rings. The van der Waals surface area contributed by atoms with E-state index in [2.05, 4.69) is 51.1 Å². The van der Waals surface area contributed by atoms with E-state index in [0.29, 0.717) is 13.2 Å². The fraction of sp³-hybridized carbons (Fsp3) is 0.471. The second-order valence-corrected chi connectivity index (χ2v) is 6.81. The van der Waals surface area contributed by atoms with Crippen LogP contribution in [0.3, 0.4) is 0 Å². The third-order valence-electron chi connectivity index (χ3n) is 4.74. The molecule has 0 spiro atoms. The minimum absolute atomic E-state index is 0.161. The maximum atomic E-state index is 9.93. The average molecular weight is 365 g/mol. The summed E-state index contributed by atoms with van der Waals surface area (Å²) in [5.41, 5.74) is 2.01. The zero-order chi connectivity index (χ0) is 15.6. The van der Waals surface area contributed by atoms with Crippen molar-refractivity contribution in [2.75, 3.05) is 26.9 Å². The summed E-state index contributed by atoms with van der Waals surface area (Å²) in [6.45, 7) is 2.35. The summed E-state index contributed by atoms with van der Waals surface area (Å²) < 4.78 is 6.52. The fourth-order valence-corrected chi connectivity index (χ4v) is 3.61. The third kappa shape index (κ3) is 2.91. The van der Waals surface area contributed by atoms with E-state index in [1.54, 1.807) is 0 Å². The Labute approximate surface area is 139 Å². The smallest absolute Gasteiger partial charge is 0.0758 e. The number of likely N-dealkylation sites (N-methyl/N-ethyl adjacent to an activating group) is 1. The number of fused-ring (bicyclic) bond motifs is 1. The van der Waals surface area contributed by atoms with E-state index >= 15 is 0 Å². The molecule has 3 rings (SSSR count). The molecule has 4 nitrogen and oxygen atoms in total. The molecule has 1 aromatic heterocycles. The quantitative estimate of drug-likeness (QED) is 0.905. The zero-order valence-corrected chi connectivity index (χ0v) is 14.3. The number of aliphatic hydroxyl groups is 1. The van der Waals surface area contributed by atoms with Crippen LogP contribution in [0.4, 0.5) is 0 Å². The monoisotopic (exact) mass is 364 g/mol. The minimum atomic E-state index is -0.188. The van der Waals surface area contributed by atoms with Crippen molar-refractivity contribution in [1.29, 1.82) is 0 Å². The lowest BCUT2D eigenvalue weighted by atomic mass is 9.89. The lowest BCUT2D eigenvalue weighted by Gasteiger charge is -2.43. The number of hydrogen-bond acceptors (Lipinski definition) is 4. The van der Waals surface area contributed by atoms with E-state index in [4.69, 9.17) is 4.74 Å². The Morgan fingerprint density at radius 3 is 2.82 bits per heavy atom. The second-order valence-electron chi connectivity index (χ2n) is 5.96. The Morgan fingerprint density at radius 2 is 2.09 bits per heavy atom. The van der Waals surface area contributed by atoms with E-state index < -0.39 is 0 Å². The van der Waals surface area contributed by atoms with Gasteiger partial charge in [-0.2, -0.15) is 0 Å². The highest BCUT2D eigenvalue weighted by Crippen LogP contribution is 2.30. The summed E-state index contributed by atoms with van der Waals surface area (Å²) in [5, 5.41) is 11.1. The van der Waals surface area contributed by atoms with Crippen LogP contribution in [0.25, 0.3) is 10.9 Å². The molecular formula is C17H21BrN2O2. The molecule has 2 heterocycles. The van der Waals surface area contributed by atoms with Gasteiger partial charge in [-0.3, -0.25) is 9.88 Å². The highest BCUT2D eigenvalue weighted by Gasteiger charge is 2.36. The van der Waals surface area contributed by atoms with E-state index in [0.717, 1.165) is 34.8 Å². The van der Waals surface area contributed by atoms with Gasteiger partial charge >= 0.3 is 0 Å². The van der Waals surface area contributed by atoms with E-state index in [1.165, 1.54) is 5.56 Å². The molecule has 22 heavy (non-hydrogen) atoms. The van der Waals surface area contributed by atoms with Gasteiger partial charge in [0.15, 0.2) is 0 Å². The molecule has 0 bridgehead atoms. The second kappa shape index (κ2) is 6.62.